The highest BCUT2D eigenvalue weighted by molar-refractivity contribution is 5.50. The van der Waals surface area contributed by atoms with Crippen LogP contribution in [0.3, 0.4) is 0 Å². The van der Waals surface area contributed by atoms with Gasteiger partial charge >= 0.3 is 0 Å². The minimum absolute atomic E-state index is 0.187. The van der Waals surface area contributed by atoms with Crippen molar-refractivity contribution in [3.8, 4) is 0 Å². The van der Waals surface area contributed by atoms with Crippen LogP contribution in [0.25, 0.3) is 6.08 Å². The largest absolute Gasteiger partial charge is 0.207 e. The number of hydrogen-bond acceptors (Lipinski definition) is 0. The second-order valence-electron chi connectivity index (χ2n) is 4.11. The number of allylic oxidation sites excluding steroid dienone is 1. The first-order valence-corrected chi connectivity index (χ1v) is 5.74. The van der Waals surface area contributed by atoms with Crippen molar-refractivity contribution in [3.05, 3.63) is 77.6 Å². The predicted molar refractivity (Wildman–Crippen MR) is 70.3 cm³/mol. The molecule has 0 bridgehead atoms. The molecule has 0 heterocycles. The van der Waals surface area contributed by atoms with E-state index in [1.165, 1.54) is 17.7 Å². The van der Waals surface area contributed by atoms with Crippen LogP contribution in [-0.4, -0.2) is 0 Å². The molecule has 2 rings (SSSR count). The Bertz CT molecular complexity index is 483. The van der Waals surface area contributed by atoms with E-state index < -0.39 is 0 Å². The van der Waals surface area contributed by atoms with Crippen molar-refractivity contribution in [2.75, 3.05) is 0 Å². The first-order chi connectivity index (χ1) is 8.25. The van der Waals surface area contributed by atoms with Gasteiger partial charge in [0, 0.05) is 0 Å². The van der Waals surface area contributed by atoms with Crippen LogP contribution in [0.1, 0.15) is 24.0 Å². The first-order valence-electron chi connectivity index (χ1n) is 5.74. The van der Waals surface area contributed by atoms with Gasteiger partial charge in [-0.2, -0.15) is 0 Å². The summed E-state index contributed by atoms with van der Waals surface area (Å²) >= 11 is 0. The van der Waals surface area contributed by atoms with E-state index in [1.54, 1.807) is 0 Å². The van der Waals surface area contributed by atoms with Crippen molar-refractivity contribution in [2.45, 2.75) is 12.8 Å². The van der Waals surface area contributed by atoms with Gasteiger partial charge in [0.15, 0.2) is 0 Å². The standard InChI is InChI=1S/C16H15F/c1-13(15-9-11-16(17)12-10-15)7-8-14-5-3-2-4-6-14/h2-13H,1H3/b8-7+. The van der Waals surface area contributed by atoms with Gasteiger partial charge in [-0.3, -0.25) is 0 Å². The van der Waals surface area contributed by atoms with Crippen molar-refractivity contribution in [1.82, 2.24) is 0 Å². The van der Waals surface area contributed by atoms with Crippen LogP contribution >= 0.6 is 0 Å². The molecular weight excluding hydrogens is 211 g/mol. The zero-order valence-electron chi connectivity index (χ0n) is 9.81. The van der Waals surface area contributed by atoms with Crippen LogP contribution < -0.4 is 0 Å². The fourth-order valence-corrected chi connectivity index (χ4v) is 1.70. The van der Waals surface area contributed by atoms with Gasteiger partial charge in [-0.05, 0) is 29.2 Å². The maximum Gasteiger partial charge on any atom is 0.123 e. The van der Waals surface area contributed by atoms with Crippen LogP contribution in [0, 0.1) is 5.82 Å². The molecule has 0 radical (unpaired) electrons. The van der Waals surface area contributed by atoms with Crippen LogP contribution in [-0.2, 0) is 0 Å². The molecular formula is C16H15F. The van der Waals surface area contributed by atoms with Gasteiger partial charge in [0.2, 0.25) is 0 Å². The van der Waals surface area contributed by atoms with Gasteiger partial charge in [0.1, 0.15) is 5.82 Å². The molecule has 0 aliphatic rings. The second kappa shape index (κ2) is 5.44. The summed E-state index contributed by atoms with van der Waals surface area (Å²) in [6.07, 6.45) is 4.22. The lowest BCUT2D eigenvalue weighted by molar-refractivity contribution is 0.626. The van der Waals surface area contributed by atoms with Crippen molar-refractivity contribution in [2.24, 2.45) is 0 Å². The summed E-state index contributed by atoms with van der Waals surface area (Å²) in [6, 6.07) is 16.8. The molecule has 0 amide bonds. The van der Waals surface area contributed by atoms with Crippen molar-refractivity contribution in [3.63, 3.8) is 0 Å². The number of rotatable bonds is 3. The Morgan fingerprint density at radius 1 is 0.941 bits per heavy atom. The summed E-state index contributed by atoms with van der Waals surface area (Å²) in [4.78, 5) is 0. The summed E-state index contributed by atoms with van der Waals surface area (Å²) in [5.74, 6) is 0.101. The molecule has 0 aromatic heterocycles. The smallest absolute Gasteiger partial charge is 0.123 e. The van der Waals surface area contributed by atoms with Crippen LogP contribution in [0.2, 0.25) is 0 Å². The minimum Gasteiger partial charge on any atom is -0.207 e. The fourth-order valence-electron chi connectivity index (χ4n) is 1.70. The summed E-state index contributed by atoms with van der Waals surface area (Å²) in [7, 11) is 0. The van der Waals surface area contributed by atoms with Crippen LogP contribution in [0.4, 0.5) is 4.39 Å². The molecule has 0 saturated carbocycles. The summed E-state index contributed by atoms with van der Waals surface area (Å²) < 4.78 is 12.8. The predicted octanol–water partition coefficient (Wildman–Crippen LogP) is 4.64. The van der Waals surface area contributed by atoms with E-state index in [9.17, 15) is 4.39 Å². The topological polar surface area (TPSA) is 0 Å². The molecule has 1 heteroatoms. The van der Waals surface area contributed by atoms with E-state index in [0.29, 0.717) is 0 Å². The Hall–Kier alpha value is -1.89. The third-order valence-corrected chi connectivity index (χ3v) is 2.77. The Balaban J connectivity index is 2.09. The van der Waals surface area contributed by atoms with E-state index in [1.807, 2.05) is 30.3 Å². The molecule has 86 valence electrons. The Morgan fingerprint density at radius 3 is 2.24 bits per heavy atom. The molecule has 0 fully saturated rings. The fraction of sp³-hybridized carbons (Fsp3) is 0.125. The highest BCUT2D eigenvalue weighted by Crippen LogP contribution is 2.18. The van der Waals surface area contributed by atoms with E-state index >= 15 is 0 Å². The summed E-state index contributed by atoms with van der Waals surface area (Å²) in [6.45, 7) is 2.10. The highest BCUT2D eigenvalue weighted by atomic mass is 19.1. The average molecular weight is 226 g/mol. The lowest BCUT2D eigenvalue weighted by Crippen LogP contribution is -1.88. The van der Waals surface area contributed by atoms with Crippen molar-refractivity contribution < 1.29 is 4.39 Å². The van der Waals surface area contributed by atoms with Gasteiger partial charge in [-0.1, -0.05) is 61.5 Å². The second-order valence-corrected chi connectivity index (χ2v) is 4.11. The van der Waals surface area contributed by atoms with Gasteiger partial charge < -0.3 is 0 Å². The number of hydrogen-bond donors (Lipinski definition) is 0. The maximum absolute atomic E-state index is 12.8. The normalized spacial score (nSPS) is 12.8. The summed E-state index contributed by atoms with van der Waals surface area (Å²) in [5.41, 5.74) is 2.31. The minimum atomic E-state index is -0.187. The Labute approximate surface area is 101 Å². The molecule has 17 heavy (non-hydrogen) atoms. The van der Waals surface area contributed by atoms with Gasteiger partial charge in [-0.15, -0.1) is 0 Å². The Morgan fingerprint density at radius 2 is 1.59 bits per heavy atom. The zero-order chi connectivity index (χ0) is 12.1. The number of halogens is 1. The monoisotopic (exact) mass is 226 g/mol. The van der Waals surface area contributed by atoms with Gasteiger partial charge in [0.05, 0.1) is 0 Å². The van der Waals surface area contributed by atoms with E-state index in [4.69, 9.17) is 0 Å². The molecule has 0 nitrogen and oxygen atoms in total. The van der Waals surface area contributed by atoms with Crippen molar-refractivity contribution in [1.29, 1.82) is 0 Å². The number of benzene rings is 2. The van der Waals surface area contributed by atoms with Crippen LogP contribution in [0.15, 0.2) is 60.7 Å². The SMILES string of the molecule is CC(/C=C/c1ccccc1)c1ccc(F)cc1. The quantitative estimate of drug-likeness (QED) is 0.715. The van der Waals surface area contributed by atoms with Crippen molar-refractivity contribution >= 4 is 6.08 Å². The lowest BCUT2D eigenvalue weighted by atomic mass is 10.00. The zero-order valence-corrected chi connectivity index (χ0v) is 9.81. The molecule has 0 saturated heterocycles. The van der Waals surface area contributed by atoms with Crippen LogP contribution in [0.5, 0.6) is 0 Å². The van der Waals surface area contributed by atoms with E-state index in [2.05, 4.69) is 31.2 Å². The highest BCUT2D eigenvalue weighted by Gasteiger charge is 2.00. The third-order valence-electron chi connectivity index (χ3n) is 2.77. The molecule has 0 aliphatic carbocycles. The molecule has 0 aliphatic heterocycles. The molecule has 2 aromatic carbocycles. The average Bonchev–Trinajstić information content (AvgIpc) is 2.38. The van der Waals surface area contributed by atoms with E-state index in [0.717, 1.165) is 5.56 Å². The molecule has 0 N–H and O–H groups in total. The van der Waals surface area contributed by atoms with E-state index in [-0.39, 0.29) is 11.7 Å². The van der Waals surface area contributed by atoms with Gasteiger partial charge in [0.25, 0.3) is 0 Å². The lowest BCUT2D eigenvalue weighted by Gasteiger charge is -2.06. The van der Waals surface area contributed by atoms with Gasteiger partial charge in [-0.25, -0.2) is 4.39 Å². The third kappa shape index (κ3) is 3.28. The molecule has 2 aromatic rings. The molecule has 0 spiro atoms. The Kier molecular flexibility index (Phi) is 3.71. The maximum atomic E-state index is 12.8. The molecule has 1 unspecified atom stereocenters. The first kappa shape index (κ1) is 11.6. The summed E-state index contributed by atoms with van der Waals surface area (Å²) in [5, 5.41) is 0. The molecule has 1 atom stereocenters.